The summed E-state index contributed by atoms with van der Waals surface area (Å²) in [6.07, 6.45) is 4.83. The minimum Gasteiger partial charge on any atom is -0.322 e. The molecule has 0 aliphatic heterocycles. The fraction of sp³-hybridized carbons (Fsp3) is 0.160. The monoisotopic (exact) mass is 453 g/mol. The van der Waals surface area contributed by atoms with E-state index in [1.54, 1.807) is 48.8 Å². The summed E-state index contributed by atoms with van der Waals surface area (Å²) in [5.41, 5.74) is 3.63. The summed E-state index contributed by atoms with van der Waals surface area (Å²) in [6.45, 7) is 1.88. The summed E-state index contributed by atoms with van der Waals surface area (Å²) in [5, 5.41) is 15.2. The van der Waals surface area contributed by atoms with Crippen LogP contribution in [0, 0.1) is 18.3 Å². The topological polar surface area (TPSA) is 108 Å². The Bertz CT molecular complexity index is 1420. The maximum atomic E-state index is 12.8. The van der Waals surface area contributed by atoms with Crippen LogP contribution in [0.3, 0.4) is 0 Å². The van der Waals surface area contributed by atoms with E-state index in [1.807, 2.05) is 19.1 Å². The van der Waals surface area contributed by atoms with Crippen molar-refractivity contribution in [2.75, 3.05) is 10.6 Å². The summed E-state index contributed by atoms with van der Waals surface area (Å²) in [5.74, 6) is -0.529. The Labute approximate surface area is 194 Å². The van der Waals surface area contributed by atoms with Crippen LogP contribution in [0.25, 0.3) is 10.3 Å². The molecular formula is C25H19N5O2S. The summed E-state index contributed by atoms with van der Waals surface area (Å²) in [4.78, 5) is 35.3. The first-order valence-electron chi connectivity index (χ1n) is 10.4. The number of hydrogen-bond acceptors (Lipinski definition) is 6. The third-order valence-corrected chi connectivity index (χ3v) is 6.81. The highest BCUT2D eigenvalue weighted by Gasteiger charge is 2.45. The number of rotatable bonds is 5. The predicted octanol–water partition coefficient (Wildman–Crippen LogP) is 5.06. The highest BCUT2D eigenvalue weighted by molar-refractivity contribution is 7.20. The summed E-state index contributed by atoms with van der Waals surface area (Å²) in [6, 6.07) is 16.6. The van der Waals surface area contributed by atoms with Crippen molar-refractivity contribution in [3.05, 3.63) is 82.5 Å². The molecule has 8 heteroatoms. The molecule has 0 bridgehead atoms. The van der Waals surface area contributed by atoms with Crippen molar-refractivity contribution in [1.29, 1.82) is 5.26 Å². The molecule has 2 amide bonds. The number of carbonyl (C=O) groups excluding carboxylic acids is 2. The van der Waals surface area contributed by atoms with Gasteiger partial charge in [-0.1, -0.05) is 18.2 Å². The van der Waals surface area contributed by atoms with Crippen LogP contribution in [-0.2, 0) is 5.41 Å². The van der Waals surface area contributed by atoms with E-state index in [0.29, 0.717) is 32.2 Å². The van der Waals surface area contributed by atoms with Crippen molar-refractivity contribution in [2.45, 2.75) is 25.2 Å². The summed E-state index contributed by atoms with van der Waals surface area (Å²) >= 11 is 1.27. The van der Waals surface area contributed by atoms with Crippen LogP contribution in [0.15, 0.2) is 60.9 Å². The second kappa shape index (κ2) is 8.11. The van der Waals surface area contributed by atoms with Gasteiger partial charge in [0.15, 0.2) is 0 Å². The van der Waals surface area contributed by atoms with E-state index < -0.39 is 5.41 Å². The van der Waals surface area contributed by atoms with E-state index in [-0.39, 0.29) is 11.8 Å². The van der Waals surface area contributed by atoms with Gasteiger partial charge in [-0.25, -0.2) is 4.98 Å². The average molecular weight is 454 g/mol. The van der Waals surface area contributed by atoms with Gasteiger partial charge in [-0.3, -0.25) is 14.6 Å². The molecule has 7 nitrogen and oxygen atoms in total. The first-order chi connectivity index (χ1) is 16.0. The van der Waals surface area contributed by atoms with E-state index in [4.69, 9.17) is 0 Å². The molecule has 5 rings (SSSR count). The Balaban J connectivity index is 1.33. The highest BCUT2D eigenvalue weighted by atomic mass is 32.1. The number of carbonyl (C=O) groups is 2. The zero-order valence-corrected chi connectivity index (χ0v) is 18.6. The van der Waals surface area contributed by atoms with Crippen molar-refractivity contribution in [1.82, 2.24) is 9.97 Å². The Kier molecular flexibility index (Phi) is 5.11. The van der Waals surface area contributed by atoms with Crippen LogP contribution in [0.4, 0.5) is 11.4 Å². The van der Waals surface area contributed by atoms with E-state index in [2.05, 4.69) is 26.7 Å². The standard InChI is InChI=1S/C25H19N5O2S/c1-15-5-6-18(29-22(31)16-3-2-4-17(11-16)25(14-26)7-8-25)12-19(15)30-23(32)21-13-20-24(33-21)28-10-9-27-20/h2-6,9-13H,7-8H2,1H3,(H,29,31)(H,30,32). The number of thiophene rings is 1. The molecule has 0 spiro atoms. The summed E-state index contributed by atoms with van der Waals surface area (Å²) in [7, 11) is 0. The number of aryl methyl sites for hydroxylation is 1. The Morgan fingerprint density at radius 2 is 1.85 bits per heavy atom. The van der Waals surface area contributed by atoms with Crippen LogP contribution in [0.5, 0.6) is 0 Å². The molecule has 1 fully saturated rings. The molecule has 0 unspecified atom stereocenters. The molecule has 0 saturated heterocycles. The Morgan fingerprint density at radius 1 is 1.03 bits per heavy atom. The maximum Gasteiger partial charge on any atom is 0.265 e. The van der Waals surface area contributed by atoms with E-state index in [9.17, 15) is 14.9 Å². The SMILES string of the molecule is Cc1ccc(NC(=O)c2cccc(C3(C#N)CC3)c2)cc1NC(=O)c1cc2nccnc2s1. The molecule has 1 aliphatic carbocycles. The number of fused-ring (bicyclic) bond motifs is 1. The molecule has 2 heterocycles. The third-order valence-electron chi connectivity index (χ3n) is 5.77. The van der Waals surface area contributed by atoms with Crippen LogP contribution in [-0.4, -0.2) is 21.8 Å². The van der Waals surface area contributed by atoms with E-state index >= 15 is 0 Å². The van der Waals surface area contributed by atoms with Crippen LogP contribution < -0.4 is 10.6 Å². The number of nitriles is 1. The average Bonchev–Trinajstić information content (AvgIpc) is 3.52. The van der Waals surface area contributed by atoms with Gasteiger partial charge < -0.3 is 10.6 Å². The van der Waals surface area contributed by atoms with Gasteiger partial charge in [-0.05, 0) is 61.2 Å². The number of nitrogens with one attached hydrogen (secondary N) is 2. The molecule has 4 aromatic rings. The lowest BCUT2D eigenvalue weighted by atomic mass is 9.96. The van der Waals surface area contributed by atoms with Crippen molar-refractivity contribution >= 4 is 44.9 Å². The van der Waals surface area contributed by atoms with Gasteiger partial charge in [0.05, 0.1) is 16.4 Å². The molecule has 1 aliphatic rings. The first-order valence-corrected chi connectivity index (χ1v) is 11.2. The Hall–Kier alpha value is -4.09. The van der Waals surface area contributed by atoms with Crippen molar-refractivity contribution in [3.8, 4) is 6.07 Å². The number of anilines is 2. The largest absolute Gasteiger partial charge is 0.322 e. The van der Waals surface area contributed by atoms with E-state index in [1.165, 1.54) is 11.3 Å². The molecule has 2 N–H and O–H groups in total. The molecule has 2 aromatic heterocycles. The number of aromatic nitrogens is 2. The minimum absolute atomic E-state index is 0.259. The second-order valence-corrected chi connectivity index (χ2v) is 9.10. The van der Waals surface area contributed by atoms with Gasteiger partial charge in [0.1, 0.15) is 10.3 Å². The smallest absolute Gasteiger partial charge is 0.265 e. The lowest BCUT2D eigenvalue weighted by molar-refractivity contribution is 0.102. The lowest BCUT2D eigenvalue weighted by Gasteiger charge is -2.12. The number of nitrogens with zero attached hydrogens (tertiary/aromatic N) is 3. The van der Waals surface area contributed by atoms with Crippen LogP contribution in [0.2, 0.25) is 0 Å². The van der Waals surface area contributed by atoms with Crippen molar-refractivity contribution in [2.24, 2.45) is 0 Å². The number of amides is 2. The van der Waals surface area contributed by atoms with Crippen LogP contribution >= 0.6 is 11.3 Å². The number of hydrogen-bond donors (Lipinski definition) is 2. The molecule has 2 aromatic carbocycles. The van der Waals surface area contributed by atoms with Crippen LogP contribution in [0.1, 0.15) is 44.0 Å². The first kappa shape index (κ1) is 20.8. The molecule has 162 valence electrons. The molecule has 33 heavy (non-hydrogen) atoms. The lowest BCUT2D eigenvalue weighted by Crippen LogP contribution is -2.15. The number of benzene rings is 2. The van der Waals surface area contributed by atoms with Gasteiger partial charge in [0.2, 0.25) is 0 Å². The van der Waals surface area contributed by atoms with Gasteiger partial charge >= 0.3 is 0 Å². The summed E-state index contributed by atoms with van der Waals surface area (Å²) < 4.78 is 0. The molecular weight excluding hydrogens is 434 g/mol. The zero-order chi connectivity index (χ0) is 23.0. The normalized spacial score (nSPS) is 13.8. The van der Waals surface area contributed by atoms with Gasteiger partial charge in [-0.2, -0.15) is 5.26 Å². The molecule has 1 saturated carbocycles. The van der Waals surface area contributed by atoms with Crippen molar-refractivity contribution in [3.63, 3.8) is 0 Å². The predicted molar refractivity (Wildman–Crippen MR) is 127 cm³/mol. The molecule has 0 atom stereocenters. The van der Waals surface area contributed by atoms with Gasteiger partial charge in [0, 0.05) is 29.3 Å². The second-order valence-electron chi connectivity index (χ2n) is 8.07. The van der Waals surface area contributed by atoms with Gasteiger partial charge in [-0.15, -0.1) is 11.3 Å². The maximum absolute atomic E-state index is 12.8. The fourth-order valence-electron chi connectivity index (χ4n) is 3.65. The van der Waals surface area contributed by atoms with E-state index in [0.717, 1.165) is 24.0 Å². The minimum atomic E-state index is -0.449. The molecule has 0 radical (unpaired) electrons. The third kappa shape index (κ3) is 4.06. The van der Waals surface area contributed by atoms with Gasteiger partial charge in [0.25, 0.3) is 11.8 Å². The zero-order valence-electron chi connectivity index (χ0n) is 17.8. The fourth-order valence-corrected chi connectivity index (χ4v) is 4.51. The van der Waals surface area contributed by atoms with Crippen molar-refractivity contribution < 1.29 is 9.59 Å². The quantitative estimate of drug-likeness (QED) is 0.439. The Morgan fingerprint density at radius 3 is 2.61 bits per heavy atom. The highest BCUT2D eigenvalue weighted by Crippen LogP contribution is 2.47.